The normalized spacial score (nSPS) is 36.1. The molecule has 1 fully saturated rings. The van der Waals surface area contributed by atoms with Gasteiger partial charge in [0.1, 0.15) is 0 Å². The van der Waals surface area contributed by atoms with Crippen molar-refractivity contribution in [1.29, 1.82) is 0 Å². The minimum atomic E-state index is -0.1000. The minimum Gasteiger partial charge on any atom is -0.469 e. The van der Waals surface area contributed by atoms with Crippen molar-refractivity contribution in [3.63, 3.8) is 0 Å². The molecule has 0 aromatic carbocycles. The molecule has 3 nitrogen and oxygen atoms in total. The standard InChI is InChI=1S/C9H16O3/c1-6-4-8(9(10)11-3)5-7(2)12-6/h6-8H,4-5H2,1-3H3. The predicted octanol–water partition coefficient (Wildman–Crippen LogP) is 1.36. The van der Waals surface area contributed by atoms with Crippen LogP contribution < -0.4 is 0 Å². The fourth-order valence-electron chi connectivity index (χ4n) is 1.76. The zero-order valence-electron chi connectivity index (χ0n) is 7.87. The van der Waals surface area contributed by atoms with E-state index < -0.39 is 0 Å². The summed E-state index contributed by atoms with van der Waals surface area (Å²) in [5, 5.41) is 0. The number of hydrogen-bond donors (Lipinski definition) is 0. The Morgan fingerprint density at radius 3 is 2.25 bits per heavy atom. The summed E-state index contributed by atoms with van der Waals surface area (Å²) in [5.74, 6) is -0.0641. The highest BCUT2D eigenvalue weighted by molar-refractivity contribution is 5.72. The topological polar surface area (TPSA) is 35.5 Å². The number of carbonyl (C=O) groups is 1. The molecule has 0 N–H and O–H groups in total. The summed E-state index contributed by atoms with van der Waals surface area (Å²) in [6.45, 7) is 3.98. The van der Waals surface area contributed by atoms with E-state index in [9.17, 15) is 4.79 Å². The summed E-state index contributed by atoms with van der Waals surface area (Å²) >= 11 is 0. The first-order chi connectivity index (χ1) is 5.63. The molecule has 0 radical (unpaired) electrons. The third kappa shape index (κ3) is 2.21. The zero-order valence-corrected chi connectivity index (χ0v) is 7.87. The lowest BCUT2D eigenvalue weighted by atomic mass is 9.93. The predicted molar refractivity (Wildman–Crippen MR) is 44.7 cm³/mol. The fraction of sp³-hybridized carbons (Fsp3) is 0.889. The van der Waals surface area contributed by atoms with Crippen LogP contribution in [-0.4, -0.2) is 25.3 Å². The molecule has 0 bridgehead atoms. The molecule has 0 aliphatic carbocycles. The van der Waals surface area contributed by atoms with Crippen LogP contribution in [-0.2, 0) is 14.3 Å². The van der Waals surface area contributed by atoms with Crippen LogP contribution in [0.3, 0.4) is 0 Å². The Morgan fingerprint density at radius 1 is 1.33 bits per heavy atom. The van der Waals surface area contributed by atoms with Gasteiger partial charge in [0, 0.05) is 0 Å². The molecule has 0 saturated carbocycles. The van der Waals surface area contributed by atoms with E-state index in [1.807, 2.05) is 13.8 Å². The van der Waals surface area contributed by atoms with Crippen LogP contribution in [0.25, 0.3) is 0 Å². The molecular weight excluding hydrogens is 156 g/mol. The van der Waals surface area contributed by atoms with Gasteiger partial charge in [0.15, 0.2) is 0 Å². The number of methoxy groups -OCH3 is 1. The zero-order chi connectivity index (χ0) is 9.14. The Morgan fingerprint density at radius 2 is 1.83 bits per heavy atom. The number of rotatable bonds is 1. The number of ether oxygens (including phenoxy) is 2. The number of hydrogen-bond acceptors (Lipinski definition) is 3. The second-order valence-corrected chi connectivity index (χ2v) is 3.45. The van der Waals surface area contributed by atoms with E-state index in [-0.39, 0.29) is 24.1 Å². The smallest absolute Gasteiger partial charge is 0.308 e. The van der Waals surface area contributed by atoms with Gasteiger partial charge in [-0.1, -0.05) is 0 Å². The molecule has 1 aliphatic heterocycles. The maximum atomic E-state index is 11.2. The van der Waals surface area contributed by atoms with Crippen molar-refractivity contribution in [3.05, 3.63) is 0 Å². The first-order valence-corrected chi connectivity index (χ1v) is 4.36. The molecule has 2 atom stereocenters. The molecule has 0 aromatic rings. The van der Waals surface area contributed by atoms with E-state index >= 15 is 0 Å². The van der Waals surface area contributed by atoms with E-state index in [2.05, 4.69) is 0 Å². The fourth-order valence-corrected chi connectivity index (χ4v) is 1.76. The minimum absolute atomic E-state index is 0.0359. The summed E-state index contributed by atoms with van der Waals surface area (Å²) in [4.78, 5) is 11.2. The molecule has 2 unspecified atom stereocenters. The summed E-state index contributed by atoms with van der Waals surface area (Å²) in [7, 11) is 1.44. The summed E-state index contributed by atoms with van der Waals surface area (Å²) < 4.78 is 10.2. The average Bonchev–Trinajstić information content (AvgIpc) is 2.01. The first kappa shape index (κ1) is 9.52. The first-order valence-electron chi connectivity index (χ1n) is 4.36. The Kier molecular flexibility index (Phi) is 3.09. The summed E-state index contributed by atoms with van der Waals surface area (Å²) in [5.41, 5.74) is 0. The van der Waals surface area contributed by atoms with Crippen LogP contribution >= 0.6 is 0 Å². The van der Waals surface area contributed by atoms with Crippen LogP contribution in [0, 0.1) is 5.92 Å². The molecule has 1 saturated heterocycles. The van der Waals surface area contributed by atoms with Gasteiger partial charge in [-0.05, 0) is 26.7 Å². The van der Waals surface area contributed by atoms with Crippen molar-refractivity contribution < 1.29 is 14.3 Å². The number of carbonyl (C=O) groups excluding carboxylic acids is 1. The van der Waals surface area contributed by atoms with Crippen molar-refractivity contribution in [2.24, 2.45) is 5.92 Å². The Bertz CT molecular complexity index is 157. The highest BCUT2D eigenvalue weighted by Crippen LogP contribution is 2.25. The largest absolute Gasteiger partial charge is 0.469 e. The van der Waals surface area contributed by atoms with Gasteiger partial charge < -0.3 is 9.47 Å². The molecule has 0 amide bonds. The van der Waals surface area contributed by atoms with E-state index in [0.29, 0.717) is 0 Å². The van der Waals surface area contributed by atoms with E-state index in [1.54, 1.807) is 0 Å². The third-order valence-electron chi connectivity index (χ3n) is 2.23. The lowest BCUT2D eigenvalue weighted by Crippen LogP contribution is -2.33. The number of esters is 1. The summed E-state index contributed by atoms with van der Waals surface area (Å²) in [6, 6.07) is 0. The quantitative estimate of drug-likeness (QED) is 0.560. The van der Waals surface area contributed by atoms with Crippen molar-refractivity contribution in [3.8, 4) is 0 Å². The van der Waals surface area contributed by atoms with Gasteiger partial charge in [0.05, 0.1) is 25.2 Å². The van der Waals surface area contributed by atoms with E-state index in [4.69, 9.17) is 9.47 Å². The molecule has 0 aromatic heterocycles. The average molecular weight is 172 g/mol. The molecular formula is C9H16O3. The van der Waals surface area contributed by atoms with Gasteiger partial charge in [0.25, 0.3) is 0 Å². The molecule has 0 spiro atoms. The van der Waals surface area contributed by atoms with Gasteiger partial charge in [-0.25, -0.2) is 0 Å². The van der Waals surface area contributed by atoms with Gasteiger partial charge in [-0.2, -0.15) is 0 Å². The van der Waals surface area contributed by atoms with Gasteiger partial charge in [-0.3, -0.25) is 4.79 Å². The van der Waals surface area contributed by atoms with E-state index in [0.717, 1.165) is 12.8 Å². The Hall–Kier alpha value is -0.570. The Balaban J connectivity index is 2.49. The maximum absolute atomic E-state index is 11.2. The molecule has 1 heterocycles. The van der Waals surface area contributed by atoms with Crippen molar-refractivity contribution >= 4 is 5.97 Å². The highest BCUT2D eigenvalue weighted by atomic mass is 16.5. The lowest BCUT2D eigenvalue weighted by molar-refractivity contribution is -0.153. The van der Waals surface area contributed by atoms with Gasteiger partial charge in [-0.15, -0.1) is 0 Å². The lowest BCUT2D eigenvalue weighted by Gasteiger charge is -2.30. The second-order valence-electron chi connectivity index (χ2n) is 3.45. The van der Waals surface area contributed by atoms with Crippen molar-refractivity contribution in [2.45, 2.75) is 38.9 Å². The van der Waals surface area contributed by atoms with Crippen LogP contribution in [0.15, 0.2) is 0 Å². The summed E-state index contributed by atoms with van der Waals surface area (Å²) in [6.07, 6.45) is 1.93. The van der Waals surface area contributed by atoms with Crippen molar-refractivity contribution in [2.75, 3.05) is 7.11 Å². The van der Waals surface area contributed by atoms with Crippen LogP contribution in [0.2, 0.25) is 0 Å². The molecule has 1 rings (SSSR count). The van der Waals surface area contributed by atoms with E-state index in [1.165, 1.54) is 7.11 Å². The van der Waals surface area contributed by atoms with Crippen molar-refractivity contribution in [1.82, 2.24) is 0 Å². The monoisotopic (exact) mass is 172 g/mol. The van der Waals surface area contributed by atoms with Crippen LogP contribution in [0.1, 0.15) is 26.7 Å². The molecule has 1 aliphatic rings. The molecule has 70 valence electrons. The van der Waals surface area contributed by atoms with Gasteiger partial charge >= 0.3 is 5.97 Å². The third-order valence-corrected chi connectivity index (χ3v) is 2.23. The second kappa shape index (κ2) is 3.90. The van der Waals surface area contributed by atoms with Crippen LogP contribution in [0.5, 0.6) is 0 Å². The highest BCUT2D eigenvalue weighted by Gasteiger charge is 2.29. The molecule has 3 heteroatoms. The molecule has 12 heavy (non-hydrogen) atoms. The SMILES string of the molecule is COC(=O)C1CC(C)OC(C)C1. The Labute approximate surface area is 73.0 Å². The van der Waals surface area contributed by atoms with Gasteiger partial charge in [0.2, 0.25) is 0 Å². The van der Waals surface area contributed by atoms with Crippen LogP contribution in [0.4, 0.5) is 0 Å². The maximum Gasteiger partial charge on any atom is 0.308 e.